The number of anilines is 1. The Hall–Kier alpha value is -3.34. The van der Waals surface area contributed by atoms with E-state index in [4.69, 9.17) is 4.74 Å². The minimum absolute atomic E-state index is 0.125. The Balaban J connectivity index is 2.33. The second kappa shape index (κ2) is 7.49. The third-order valence-corrected chi connectivity index (χ3v) is 3.80. The molecule has 1 N–H and O–H groups in total. The lowest BCUT2D eigenvalue weighted by Gasteiger charge is -2.06. The van der Waals surface area contributed by atoms with Crippen LogP contribution in [0, 0.1) is 20.2 Å². The number of carbonyl (C=O) groups excluding carboxylic acids is 2. The molecule has 1 amide bonds. The molecule has 11 heteroatoms. The molecule has 2 rings (SSSR count). The fraction of sp³-hybridized carbons (Fsp3) is 0.143. The van der Waals surface area contributed by atoms with Crippen LogP contribution in [-0.2, 0) is 4.74 Å². The van der Waals surface area contributed by atoms with Crippen LogP contribution in [-0.4, -0.2) is 28.3 Å². The maximum absolute atomic E-state index is 12.3. The summed E-state index contributed by atoms with van der Waals surface area (Å²) >= 11 is 1.05. The lowest BCUT2D eigenvalue weighted by Crippen LogP contribution is -2.14. The summed E-state index contributed by atoms with van der Waals surface area (Å²) in [6.07, 6.45) is 0. The SMILES string of the molecule is CCOC(=O)c1ccsc1NC(=O)c1cc([N+](=O)[O-])cc([N+](=O)[O-])c1. The number of ether oxygens (including phenoxy) is 1. The van der Waals surface area contributed by atoms with Crippen LogP contribution < -0.4 is 5.32 Å². The first-order chi connectivity index (χ1) is 11.8. The number of rotatable bonds is 6. The summed E-state index contributed by atoms with van der Waals surface area (Å²) in [4.78, 5) is 44.2. The van der Waals surface area contributed by atoms with Gasteiger partial charge in [0, 0.05) is 12.1 Å². The summed E-state index contributed by atoms with van der Waals surface area (Å²) in [6, 6.07) is 4.04. The Morgan fingerprint density at radius 3 is 2.28 bits per heavy atom. The quantitative estimate of drug-likeness (QED) is 0.471. The smallest absolute Gasteiger partial charge is 0.341 e. The Morgan fingerprint density at radius 1 is 1.16 bits per heavy atom. The molecule has 2 aromatic rings. The van der Waals surface area contributed by atoms with Gasteiger partial charge < -0.3 is 10.1 Å². The Labute approximate surface area is 144 Å². The van der Waals surface area contributed by atoms with Crippen LogP contribution >= 0.6 is 11.3 Å². The van der Waals surface area contributed by atoms with Crippen molar-refractivity contribution >= 4 is 39.6 Å². The number of nitro benzene ring substituents is 2. The van der Waals surface area contributed by atoms with Gasteiger partial charge in [-0.3, -0.25) is 25.0 Å². The van der Waals surface area contributed by atoms with Crippen molar-refractivity contribution in [2.45, 2.75) is 6.92 Å². The van der Waals surface area contributed by atoms with E-state index in [0.29, 0.717) is 0 Å². The first-order valence-electron chi connectivity index (χ1n) is 6.83. The molecule has 0 atom stereocenters. The predicted octanol–water partition coefficient (Wildman–Crippen LogP) is 2.99. The van der Waals surface area contributed by atoms with Crippen molar-refractivity contribution in [2.75, 3.05) is 11.9 Å². The Bertz CT molecular complexity index is 830. The lowest BCUT2D eigenvalue weighted by molar-refractivity contribution is -0.394. The molecule has 0 spiro atoms. The van der Waals surface area contributed by atoms with Crippen LogP contribution in [0.15, 0.2) is 29.6 Å². The first-order valence-corrected chi connectivity index (χ1v) is 7.71. The molecular weight excluding hydrogens is 354 g/mol. The fourth-order valence-electron chi connectivity index (χ4n) is 1.89. The summed E-state index contributed by atoms with van der Waals surface area (Å²) in [5.41, 5.74) is -1.32. The van der Waals surface area contributed by atoms with Crippen molar-refractivity contribution in [3.63, 3.8) is 0 Å². The number of nitrogens with one attached hydrogen (secondary N) is 1. The molecule has 0 aliphatic rings. The molecule has 1 heterocycles. The maximum atomic E-state index is 12.3. The van der Waals surface area contributed by atoms with Gasteiger partial charge in [-0.1, -0.05) is 0 Å². The molecular formula is C14H11N3O7S. The summed E-state index contributed by atoms with van der Waals surface area (Å²) in [5.74, 6) is -1.45. The average Bonchev–Trinajstić information content (AvgIpc) is 3.02. The number of nitrogens with zero attached hydrogens (tertiary/aromatic N) is 2. The van der Waals surface area contributed by atoms with Crippen molar-refractivity contribution in [2.24, 2.45) is 0 Å². The second-order valence-corrected chi connectivity index (χ2v) is 5.51. The van der Waals surface area contributed by atoms with Gasteiger partial charge in [-0.25, -0.2) is 4.79 Å². The minimum atomic E-state index is -0.834. The van der Waals surface area contributed by atoms with Gasteiger partial charge in [0.25, 0.3) is 17.3 Å². The van der Waals surface area contributed by atoms with Gasteiger partial charge in [-0.05, 0) is 18.4 Å². The van der Waals surface area contributed by atoms with Gasteiger partial charge in [0.05, 0.1) is 33.6 Å². The topological polar surface area (TPSA) is 142 Å². The molecule has 0 radical (unpaired) electrons. The Kier molecular flexibility index (Phi) is 5.39. The largest absolute Gasteiger partial charge is 0.462 e. The van der Waals surface area contributed by atoms with Gasteiger partial charge in [0.15, 0.2) is 0 Å². The highest BCUT2D eigenvalue weighted by molar-refractivity contribution is 7.14. The van der Waals surface area contributed by atoms with Gasteiger partial charge in [0.1, 0.15) is 5.00 Å². The molecule has 0 bridgehead atoms. The number of hydrogen-bond donors (Lipinski definition) is 1. The van der Waals surface area contributed by atoms with E-state index >= 15 is 0 Å². The van der Waals surface area contributed by atoms with Crippen LogP contribution in [0.1, 0.15) is 27.6 Å². The molecule has 1 aromatic carbocycles. The monoisotopic (exact) mass is 365 g/mol. The number of nitro groups is 2. The molecule has 130 valence electrons. The third-order valence-electron chi connectivity index (χ3n) is 2.97. The van der Waals surface area contributed by atoms with Gasteiger partial charge >= 0.3 is 5.97 Å². The van der Waals surface area contributed by atoms with E-state index in [1.54, 1.807) is 12.3 Å². The van der Waals surface area contributed by atoms with Crippen LogP contribution in [0.5, 0.6) is 0 Å². The standard InChI is InChI=1S/C14H11N3O7S/c1-2-24-14(19)11-3-4-25-13(11)15-12(18)8-5-9(16(20)21)7-10(6-8)17(22)23/h3-7H,2H2,1H3,(H,15,18). The normalized spacial score (nSPS) is 10.1. The van der Waals surface area contributed by atoms with Crippen LogP contribution in [0.3, 0.4) is 0 Å². The van der Waals surface area contributed by atoms with Gasteiger partial charge in [-0.15, -0.1) is 11.3 Å². The fourth-order valence-corrected chi connectivity index (χ4v) is 2.66. The second-order valence-electron chi connectivity index (χ2n) is 4.59. The van der Waals surface area contributed by atoms with Crippen LogP contribution in [0.2, 0.25) is 0 Å². The van der Waals surface area contributed by atoms with Crippen LogP contribution in [0.4, 0.5) is 16.4 Å². The highest BCUT2D eigenvalue weighted by atomic mass is 32.1. The summed E-state index contributed by atoms with van der Waals surface area (Å²) in [5, 5.41) is 25.9. The molecule has 0 aliphatic carbocycles. The Morgan fingerprint density at radius 2 is 1.76 bits per heavy atom. The molecule has 0 fully saturated rings. The lowest BCUT2D eigenvalue weighted by atomic mass is 10.1. The van der Waals surface area contributed by atoms with E-state index in [0.717, 1.165) is 29.5 Å². The predicted molar refractivity (Wildman–Crippen MR) is 88.0 cm³/mol. The van der Waals surface area contributed by atoms with E-state index in [-0.39, 0.29) is 22.7 Å². The molecule has 0 unspecified atom stereocenters. The van der Waals surface area contributed by atoms with E-state index in [9.17, 15) is 29.8 Å². The molecule has 0 aliphatic heterocycles. The molecule has 1 aromatic heterocycles. The number of amides is 1. The van der Waals surface area contributed by atoms with Crippen molar-refractivity contribution in [3.05, 3.63) is 61.0 Å². The van der Waals surface area contributed by atoms with Crippen LogP contribution in [0.25, 0.3) is 0 Å². The zero-order valence-corrected chi connectivity index (χ0v) is 13.6. The summed E-state index contributed by atoms with van der Waals surface area (Å²) < 4.78 is 4.85. The first kappa shape index (κ1) is 18.0. The maximum Gasteiger partial charge on any atom is 0.341 e. The van der Waals surface area contributed by atoms with Gasteiger partial charge in [-0.2, -0.15) is 0 Å². The van der Waals surface area contributed by atoms with E-state index in [1.807, 2.05) is 0 Å². The molecule has 10 nitrogen and oxygen atoms in total. The minimum Gasteiger partial charge on any atom is -0.462 e. The van der Waals surface area contributed by atoms with Gasteiger partial charge in [0.2, 0.25) is 0 Å². The van der Waals surface area contributed by atoms with Crippen molar-refractivity contribution < 1.29 is 24.2 Å². The average molecular weight is 365 g/mol. The van der Waals surface area contributed by atoms with Crippen molar-refractivity contribution in [3.8, 4) is 0 Å². The number of non-ortho nitro benzene ring substituents is 2. The highest BCUT2D eigenvalue weighted by Crippen LogP contribution is 2.27. The third kappa shape index (κ3) is 4.14. The zero-order valence-electron chi connectivity index (χ0n) is 12.8. The highest BCUT2D eigenvalue weighted by Gasteiger charge is 2.22. The zero-order chi connectivity index (χ0) is 18.6. The number of hydrogen-bond acceptors (Lipinski definition) is 8. The van der Waals surface area contributed by atoms with Crippen molar-refractivity contribution in [1.29, 1.82) is 0 Å². The number of thiophene rings is 1. The molecule has 0 saturated heterocycles. The van der Waals surface area contributed by atoms with Crippen molar-refractivity contribution in [1.82, 2.24) is 0 Å². The van der Waals surface area contributed by atoms with E-state index < -0.39 is 33.1 Å². The summed E-state index contributed by atoms with van der Waals surface area (Å²) in [7, 11) is 0. The molecule has 0 saturated carbocycles. The van der Waals surface area contributed by atoms with E-state index in [2.05, 4.69) is 5.32 Å². The number of benzene rings is 1. The summed E-state index contributed by atoms with van der Waals surface area (Å²) in [6.45, 7) is 1.78. The van der Waals surface area contributed by atoms with E-state index in [1.165, 1.54) is 6.07 Å². The number of carbonyl (C=O) groups is 2. The molecule has 25 heavy (non-hydrogen) atoms. The number of esters is 1.